The van der Waals surface area contributed by atoms with E-state index in [4.69, 9.17) is 0 Å². The lowest BCUT2D eigenvalue weighted by Gasteiger charge is -2.07. The van der Waals surface area contributed by atoms with Gasteiger partial charge in [-0.15, -0.1) is 0 Å². The summed E-state index contributed by atoms with van der Waals surface area (Å²) in [4.78, 5) is 0. The molecule has 114 valence electrons. The smallest absolute Gasteiger partial charge is 0.0288 e. The fourth-order valence-corrected chi connectivity index (χ4v) is 2.01. The summed E-state index contributed by atoms with van der Waals surface area (Å²) in [5.41, 5.74) is 4.32. The third-order valence-electron chi connectivity index (χ3n) is 3.62. The van der Waals surface area contributed by atoms with Crippen LogP contribution in [-0.2, 0) is 0 Å². The Morgan fingerprint density at radius 1 is 1.00 bits per heavy atom. The maximum absolute atomic E-state index is 2.43. The summed E-state index contributed by atoms with van der Waals surface area (Å²) < 4.78 is 0. The van der Waals surface area contributed by atoms with E-state index in [2.05, 4.69) is 71.9 Å². The molecule has 0 aromatic rings. The van der Waals surface area contributed by atoms with E-state index >= 15 is 0 Å². The number of rotatable bonds is 9. The van der Waals surface area contributed by atoms with Crippen LogP contribution in [0.5, 0.6) is 0 Å². The first-order chi connectivity index (χ1) is 9.45. The summed E-state index contributed by atoms with van der Waals surface area (Å²) in [7, 11) is 0. The molecule has 0 fully saturated rings. The second-order valence-corrected chi connectivity index (χ2v) is 6.22. The number of hydrogen-bond donors (Lipinski definition) is 0. The molecule has 0 radical (unpaired) electrons. The van der Waals surface area contributed by atoms with E-state index in [0.717, 1.165) is 5.92 Å². The van der Waals surface area contributed by atoms with Crippen LogP contribution in [0.2, 0.25) is 0 Å². The van der Waals surface area contributed by atoms with Crippen LogP contribution < -0.4 is 0 Å². The molecule has 0 aliphatic heterocycles. The van der Waals surface area contributed by atoms with Crippen molar-refractivity contribution in [3.05, 3.63) is 47.1 Å². The molecule has 0 bridgehead atoms. The van der Waals surface area contributed by atoms with Crippen molar-refractivity contribution in [1.29, 1.82) is 0 Å². The summed E-state index contributed by atoms with van der Waals surface area (Å²) in [5.74, 6) is 0.776. The zero-order valence-corrected chi connectivity index (χ0v) is 14.5. The van der Waals surface area contributed by atoms with Gasteiger partial charge in [0.2, 0.25) is 0 Å². The van der Waals surface area contributed by atoms with Crippen molar-refractivity contribution in [2.75, 3.05) is 0 Å². The molecular formula is C20H34. The molecule has 1 unspecified atom stereocenters. The number of allylic oxidation sites excluding steroid dienone is 8. The molecule has 0 heteroatoms. The van der Waals surface area contributed by atoms with Gasteiger partial charge in [0.25, 0.3) is 0 Å². The quantitative estimate of drug-likeness (QED) is 0.313. The van der Waals surface area contributed by atoms with Gasteiger partial charge >= 0.3 is 0 Å². The minimum Gasteiger partial charge on any atom is -0.0856 e. The van der Waals surface area contributed by atoms with Crippen LogP contribution in [0.1, 0.15) is 73.6 Å². The third kappa shape index (κ3) is 12.0. The lowest BCUT2D eigenvalue weighted by atomic mass is 9.99. The van der Waals surface area contributed by atoms with E-state index < -0.39 is 0 Å². The van der Waals surface area contributed by atoms with E-state index in [1.807, 2.05) is 0 Å². The van der Waals surface area contributed by atoms with Crippen molar-refractivity contribution in [3.8, 4) is 0 Å². The highest BCUT2D eigenvalue weighted by Crippen LogP contribution is 2.15. The van der Waals surface area contributed by atoms with Gasteiger partial charge in [0, 0.05) is 0 Å². The fourth-order valence-electron chi connectivity index (χ4n) is 2.01. The second-order valence-electron chi connectivity index (χ2n) is 6.22. The first kappa shape index (κ1) is 19.0. The average molecular weight is 274 g/mol. The molecule has 0 N–H and O–H groups in total. The van der Waals surface area contributed by atoms with Crippen LogP contribution in [0.3, 0.4) is 0 Å². The van der Waals surface area contributed by atoms with Crippen molar-refractivity contribution in [2.45, 2.75) is 73.6 Å². The van der Waals surface area contributed by atoms with E-state index in [9.17, 15) is 0 Å². The Balaban J connectivity index is 3.86. The predicted molar refractivity (Wildman–Crippen MR) is 94.0 cm³/mol. The minimum atomic E-state index is 0.776. The van der Waals surface area contributed by atoms with Crippen LogP contribution in [0.15, 0.2) is 47.1 Å². The standard InChI is InChI=1S/C20H34/c1-7-18(4)12-9-14-20(6)16-10-15-19(5)13-8-11-17(2)3/h7,9,11-12,15,20H,8,10,13-14,16H2,1-6H3/b12-9+,18-7+,19-15+. The van der Waals surface area contributed by atoms with Crippen molar-refractivity contribution < 1.29 is 0 Å². The first-order valence-corrected chi connectivity index (χ1v) is 8.04. The fraction of sp³-hybridized carbons (Fsp3) is 0.600. The van der Waals surface area contributed by atoms with E-state index in [1.165, 1.54) is 48.8 Å². The summed E-state index contributed by atoms with van der Waals surface area (Å²) in [6.45, 7) is 13.2. The highest BCUT2D eigenvalue weighted by molar-refractivity contribution is 5.14. The van der Waals surface area contributed by atoms with Crippen molar-refractivity contribution in [3.63, 3.8) is 0 Å². The van der Waals surface area contributed by atoms with Gasteiger partial charge in [0.1, 0.15) is 0 Å². The zero-order chi connectivity index (χ0) is 15.4. The molecule has 1 atom stereocenters. The molecule has 0 heterocycles. The Morgan fingerprint density at radius 2 is 1.70 bits per heavy atom. The molecule has 0 saturated carbocycles. The molecule has 0 amide bonds. The van der Waals surface area contributed by atoms with Gasteiger partial charge in [-0.05, 0) is 72.6 Å². The number of hydrogen-bond acceptors (Lipinski definition) is 0. The molecule has 0 nitrogen and oxygen atoms in total. The summed E-state index contributed by atoms with van der Waals surface area (Å²) in [6, 6.07) is 0. The van der Waals surface area contributed by atoms with Crippen LogP contribution in [0, 0.1) is 5.92 Å². The van der Waals surface area contributed by atoms with Crippen molar-refractivity contribution >= 4 is 0 Å². The Labute approximate surface area is 127 Å². The van der Waals surface area contributed by atoms with Gasteiger partial charge in [0.05, 0.1) is 0 Å². The van der Waals surface area contributed by atoms with E-state index in [1.54, 1.807) is 0 Å². The third-order valence-corrected chi connectivity index (χ3v) is 3.62. The molecule has 0 saturated heterocycles. The van der Waals surface area contributed by atoms with Gasteiger partial charge < -0.3 is 0 Å². The molecule has 0 aliphatic carbocycles. The van der Waals surface area contributed by atoms with E-state index in [-0.39, 0.29) is 0 Å². The maximum Gasteiger partial charge on any atom is -0.0288 e. The lowest BCUT2D eigenvalue weighted by molar-refractivity contribution is 0.545. The highest BCUT2D eigenvalue weighted by atomic mass is 14.0. The molecule has 20 heavy (non-hydrogen) atoms. The van der Waals surface area contributed by atoms with Gasteiger partial charge in [-0.3, -0.25) is 0 Å². The average Bonchev–Trinajstić information content (AvgIpc) is 2.38. The SMILES string of the molecule is C/C=C(C)/C=C/CC(C)CC/C=C(\C)CCC=C(C)C. The Hall–Kier alpha value is -1.04. The minimum absolute atomic E-state index is 0.776. The normalized spacial score (nSPS) is 14.7. The molecule has 0 aromatic carbocycles. The summed E-state index contributed by atoms with van der Waals surface area (Å²) in [5, 5.41) is 0. The van der Waals surface area contributed by atoms with Crippen molar-refractivity contribution in [1.82, 2.24) is 0 Å². The van der Waals surface area contributed by atoms with Crippen LogP contribution in [0.4, 0.5) is 0 Å². The lowest BCUT2D eigenvalue weighted by Crippen LogP contribution is -1.91. The van der Waals surface area contributed by atoms with Gasteiger partial charge in [-0.25, -0.2) is 0 Å². The summed E-state index contributed by atoms with van der Waals surface area (Å²) >= 11 is 0. The Bertz CT molecular complexity index is 359. The zero-order valence-electron chi connectivity index (χ0n) is 14.5. The Morgan fingerprint density at radius 3 is 2.30 bits per heavy atom. The monoisotopic (exact) mass is 274 g/mol. The summed E-state index contributed by atoms with van der Waals surface area (Å²) in [6.07, 6.45) is 17.5. The molecule has 0 aromatic heterocycles. The molecular weight excluding hydrogens is 240 g/mol. The highest BCUT2D eigenvalue weighted by Gasteiger charge is 1.98. The molecule has 0 aliphatic rings. The van der Waals surface area contributed by atoms with Gasteiger partial charge in [0.15, 0.2) is 0 Å². The second kappa shape index (κ2) is 11.8. The molecule has 0 spiro atoms. The predicted octanol–water partition coefficient (Wildman–Crippen LogP) is 7.01. The largest absolute Gasteiger partial charge is 0.0856 e. The maximum atomic E-state index is 2.43. The first-order valence-electron chi connectivity index (χ1n) is 8.04. The van der Waals surface area contributed by atoms with Gasteiger partial charge in [-0.2, -0.15) is 0 Å². The Kier molecular flexibility index (Phi) is 11.1. The van der Waals surface area contributed by atoms with Crippen LogP contribution in [0.25, 0.3) is 0 Å². The van der Waals surface area contributed by atoms with Crippen molar-refractivity contribution in [2.24, 2.45) is 5.92 Å². The van der Waals surface area contributed by atoms with E-state index in [0.29, 0.717) is 0 Å². The van der Waals surface area contributed by atoms with Gasteiger partial charge in [-0.1, -0.05) is 54.0 Å². The van der Waals surface area contributed by atoms with Crippen LogP contribution >= 0.6 is 0 Å². The van der Waals surface area contributed by atoms with Crippen LogP contribution in [-0.4, -0.2) is 0 Å². The molecule has 0 rings (SSSR count). The topological polar surface area (TPSA) is 0 Å².